The second-order valence-corrected chi connectivity index (χ2v) is 8.61. The third-order valence-electron chi connectivity index (χ3n) is 4.16. The maximum atomic E-state index is 9.36. The van der Waals surface area contributed by atoms with Crippen molar-refractivity contribution >= 4 is 34.3 Å². The summed E-state index contributed by atoms with van der Waals surface area (Å²) in [5, 5.41) is 9.36. The monoisotopic (exact) mass is 463 g/mol. The summed E-state index contributed by atoms with van der Waals surface area (Å²) in [5.74, 6) is 0.921. The molecule has 0 heterocycles. The third kappa shape index (κ3) is 13.0. The molecule has 1 unspecified atom stereocenters. The first kappa shape index (κ1) is 34.5. The van der Waals surface area contributed by atoms with Crippen LogP contribution in [0.3, 0.4) is 0 Å². The fourth-order valence-electron chi connectivity index (χ4n) is 2.36. The Labute approximate surface area is 198 Å². The Balaban J connectivity index is -0.000000159. The molecule has 1 atom stereocenters. The van der Waals surface area contributed by atoms with Crippen molar-refractivity contribution < 1.29 is 26.8 Å². The van der Waals surface area contributed by atoms with Crippen LogP contribution in [-0.4, -0.2) is 14.6 Å². The fourth-order valence-corrected chi connectivity index (χ4v) is 2.36. The molecule has 154 valence electrons. The molecule has 0 bridgehead atoms. The van der Waals surface area contributed by atoms with Gasteiger partial charge in [-0.15, -0.1) is 31.7 Å². The van der Waals surface area contributed by atoms with E-state index in [-0.39, 0.29) is 51.9 Å². The van der Waals surface area contributed by atoms with E-state index in [2.05, 4.69) is 73.7 Å². The summed E-state index contributed by atoms with van der Waals surface area (Å²) in [4.78, 5) is 0. The Morgan fingerprint density at radius 1 is 0.963 bits per heavy atom. The second-order valence-electron chi connectivity index (χ2n) is 7.61. The zero-order chi connectivity index (χ0) is 19.1. The molecule has 1 aromatic carbocycles. The molecule has 1 N–H and O–H groups in total. The van der Waals surface area contributed by atoms with E-state index < -0.39 is 0 Å². The number of rotatable bonds is 0. The predicted molar refractivity (Wildman–Crippen MR) is 123 cm³/mol. The maximum absolute atomic E-state index is 9.36. The van der Waals surface area contributed by atoms with Gasteiger partial charge >= 0.3 is 0 Å². The van der Waals surface area contributed by atoms with E-state index in [1.807, 2.05) is 13.0 Å². The molecule has 1 nitrogen and oxygen atoms in total. The average Bonchev–Trinajstić information content (AvgIpc) is 2.65. The van der Waals surface area contributed by atoms with E-state index in [9.17, 15) is 5.11 Å². The topological polar surface area (TPSA) is 20.2 Å². The minimum absolute atomic E-state index is 0. The molecule has 0 saturated heterocycles. The smallest absolute Gasteiger partial charge is 0.116 e. The van der Waals surface area contributed by atoms with E-state index >= 15 is 0 Å². The molecule has 0 saturated carbocycles. The van der Waals surface area contributed by atoms with Crippen molar-refractivity contribution in [3.63, 3.8) is 0 Å². The molecule has 0 fully saturated rings. The minimum atomic E-state index is 0. The molecule has 1 aliphatic rings. The van der Waals surface area contributed by atoms with Gasteiger partial charge in [0.05, 0.1) is 0 Å². The van der Waals surface area contributed by atoms with Crippen molar-refractivity contribution in [2.75, 3.05) is 0 Å². The molecular weight excluding hydrogens is 427 g/mol. The van der Waals surface area contributed by atoms with Gasteiger partial charge in [-0.25, -0.2) is 5.57 Å². The largest absolute Gasteiger partial charge is 0.508 e. The molecule has 5 heteroatoms. The van der Waals surface area contributed by atoms with Gasteiger partial charge in [0.2, 0.25) is 0 Å². The zero-order valence-corrected chi connectivity index (χ0v) is 22.8. The van der Waals surface area contributed by atoms with Crippen LogP contribution in [0.1, 0.15) is 59.6 Å². The van der Waals surface area contributed by atoms with Crippen molar-refractivity contribution in [1.82, 2.24) is 0 Å². The summed E-state index contributed by atoms with van der Waals surface area (Å²) in [6, 6.07) is 5.71. The summed E-state index contributed by atoms with van der Waals surface area (Å²) in [6.07, 6.45) is 3.36. The Hall–Kier alpha value is 0.0112. The molecule has 0 amide bonds. The van der Waals surface area contributed by atoms with Gasteiger partial charge in [-0.3, -0.25) is 6.08 Å². The first-order chi connectivity index (χ1) is 10.9. The number of benzene rings is 1. The molecule has 0 spiro atoms. The number of hydrogen-bond donors (Lipinski definition) is 1. The van der Waals surface area contributed by atoms with Crippen LogP contribution >= 0.6 is 24.8 Å². The molecular formula is C22H37Cl2OSiTi-. The van der Waals surface area contributed by atoms with Gasteiger partial charge in [-0.1, -0.05) is 66.6 Å². The Bertz CT molecular complexity index is 585. The van der Waals surface area contributed by atoms with Crippen molar-refractivity contribution in [1.29, 1.82) is 0 Å². The predicted octanol–water partition coefficient (Wildman–Crippen LogP) is 7.35. The van der Waals surface area contributed by atoms with Crippen LogP contribution in [0, 0.1) is 18.9 Å². The molecule has 1 aromatic rings. The molecule has 27 heavy (non-hydrogen) atoms. The van der Waals surface area contributed by atoms with Gasteiger partial charge in [0, 0.05) is 31.2 Å². The van der Waals surface area contributed by atoms with Gasteiger partial charge < -0.3 is 5.11 Å². The van der Waals surface area contributed by atoms with Crippen molar-refractivity contribution in [3.05, 3.63) is 52.1 Å². The summed E-state index contributed by atoms with van der Waals surface area (Å²) in [6.45, 7) is 21.4. The van der Waals surface area contributed by atoms with Gasteiger partial charge in [-0.2, -0.15) is 11.1 Å². The van der Waals surface area contributed by atoms with Gasteiger partial charge in [0.25, 0.3) is 0 Å². The Morgan fingerprint density at radius 3 is 1.63 bits per heavy atom. The number of halogens is 2. The van der Waals surface area contributed by atoms with Gasteiger partial charge in [0.1, 0.15) is 5.75 Å². The van der Waals surface area contributed by atoms with Crippen LogP contribution in [0.2, 0.25) is 13.1 Å². The van der Waals surface area contributed by atoms with Gasteiger partial charge in [-0.05, 0) is 35.6 Å². The molecule has 2 radical (unpaired) electrons. The Morgan fingerprint density at radius 2 is 1.41 bits per heavy atom. The Kier molecular flexibility index (Phi) is 20.3. The van der Waals surface area contributed by atoms with E-state index in [1.165, 1.54) is 22.3 Å². The summed E-state index contributed by atoms with van der Waals surface area (Å²) >= 11 is 0. The third-order valence-corrected chi connectivity index (χ3v) is 4.16. The average molecular weight is 464 g/mol. The molecule has 1 aliphatic carbocycles. The van der Waals surface area contributed by atoms with E-state index in [1.54, 1.807) is 6.07 Å². The fraction of sp³-hybridized carbons (Fsp3) is 0.545. The number of phenols is 1. The van der Waals surface area contributed by atoms with Crippen LogP contribution in [-0.2, 0) is 27.1 Å². The quantitative estimate of drug-likeness (QED) is 0.315. The number of hydrogen-bond acceptors (Lipinski definition) is 1. The van der Waals surface area contributed by atoms with Crippen molar-refractivity contribution in [2.24, 2.45) is 5.92 Å². The number of aromatic hydroxyl groups is 1. The van der Waals surface area contributed by atoms with Crippen LogP contribution < -0.4 is 0 Å². The van der Waals surface area contributed by atoms with Crippen molar-refractivity contribution in [3.8, 4) is 5.75 Å². The molecule has 0 aliphatic heterocycles. The van der Waals surface area contributed by atoms with Crippen LogP contribution in [0.4, 0.5) is 0 Å². The molecule has 0 aromatic heterocycles. The summed E-state index contributed by atoms with van der Waals surface area (Å²) in [5.41, 5.74) is 6.65. The normalized spacial score (nSPS) is 14.9. The van der Waals surface area contributed by atoms with E-state index in [0.717, 1.165) is 15.1 Å². The van der Waals surface area contributed by atoms with Crippen LogP contribution in [0.5, 0.6) is 5.75 Å². The molecule has 2 rings (SSSR count). The standard InChI is InChI=1S/C11H16O.C9H13.C2H6Si.2ClH.Ti/c1-8-5-9(11(2,3)4)7-10(12)6-8;1-6-5-7(2)9(4)8(6)3;1-3-2;;;/h5-7,12H,1-4H3;6H,1-4H3;1-2H3;2*1H;/q;-1;;;;. The SMILES string of the molecule is CC1=[C-]C(C)C(C)=C1C.C[Si]C.Cc1cc(O)cc(C(C)(C)C)c1.Cl.Cl.[Ti]. The van der Waals surface area contributed by atoms with E-state index in [4.69, 9.17) is 0 Å². The first-order valence-electron chi connectivity index (χ1n) is 8.61. The summed E-state index contributed by atoms with van der Waals surface area (Å²) < 4.78 is 0. The van der Waals surface area contributed by atoms with Crippen LogP contribution in [0.15, 0.2) is 34.9 Å². The summed E-state index contributed by atoms with van der Waals surface area (Å²) in [7, 11) is 1.08. The van der Waals surface area contributed by atoms with Gasteiger partial charge in [0.15, 0.2) is 0 Å². The number of aryl methyl sites for hydroxylation is 1. The second kappa shape index (κ2) is 15.9. The minimum Gasteiger partial charge on any atom is -0.508 e. The zero-order valence-electron chi connectivity index (χ0n) is 18.6. The number of phenolic OH excluding ortho intramolecular Hbond substituents is 1. The first-order valence-corrected chi connectivity index (χ1v) is 10.6. The van der Waals surface area contributed by atoms with Crippen LogP contribution in [0.25, 0.3) is 0 Å². The van der Waals surface area contributed by atoms with Crippen molar-refractivity contribution in [2.45, 2.75) is 73.9 Å². The number of allylic oxidation sites excluding steroid dienone is 4. The van der Waals surface area contributed by atoms with E-state index in [0.29, 0.717) is 11.7 Å². The maximum Gasteiger partial charge on any atom is 0.116 e.